The van der Waals surface area contributed by atoms with E-state index in [0.717, 1.165) is 35.6 Å². The molecule has 1 amide bonds. The Balaban J connectivity index is 1.16. The van der Waals surface area contributed by atoms with Gasteiger partial charge >= 0.3 is 0 Å². The summed E-state index contributed by atoms with van der Waals surface area (Å²) in [5.41, 5.74) is 1.29. The van der Waals surface area contributed by atoms with E-state index in [1.54, 1.807) is 6.07 Å². The second kappa shape index (κ2) is 7.39. The number of hydrogen-bond acceptors (Lipinski definition) is 3. The highest BCUT2D eigenvalue weighted by molar-refractivity contribution is 6.31. The lowest BCUT2D eigenvalue weighted by atomic mass is 9.49. The number of furan rings is 1. The average molecular weight is 414 g/mol. The Hall–Kier alpha value is -1.94. The van der Waals surface area contributed by atoms with E-state index in [4.69, 9.17) is 20.8 Å². The second-order valence-electron chi connectivity index (χ2n) is 9.57. The summed E-state index contributed by atoms with van der Waals surface area (Å²) in [6.07, 6.45) is 8.12. The molecule has 1 N–H and O–H groups in total. The Kier molecular flexibility index (Phi) is 4.85. The van der Waals surface area contributed by atoms with E-state index in [1.165, 1.54) is 38.5 Å². The van der Waals surface area contributed by atoms with Gasteiger partial charge in [0.15, 0.2) is 5.76 Å². The van der Waals surface area contributed by atoms with Crippen LogP contribution < -0.4 is 10.1 Å². The molecule has 6 rings (SSSR count). The van der Waals surface area contributed by atoms with Crippen molar-refractivity contribution >= 4 is 17.5 Å². The van der Waals surface area contributed by atoms with Crippen LogP contribution in [0.5, 0.6) is 5.75 Å². The fourth-order valence-corrected chi connectivity index (χ4v) is 6.42. The number of carbonyl (C=O) groups excluding carboxylic acids is 1. The lowest BCUT2D eigenvalue weighted by Crippen LogP contribution is -2.51. The van der Waals surface area contributed by atoms with Crippen LogP contribution in [0.4, 0.5) is 0 Å². The molecule has 4 bridgehead atoms. The first-order valence-electron chi connectivity index (χ1n) is 10.7. The summed E-state index contributed by atoms with van der Waals surface area (Å²) < 4.78 is 11.5. The Labute approximate surface area is 177 Å². The standard InChI is InChI=1S/C24H28ClNO3/c1-15-6-19(2-4-21(15)25)28-13-20-3-5-22(29-20)23(27)26-14-24-10-16-7-17(11-24)9-18(8-16)12-24/h2-6,16-18H,7-14H2,1H3,(H,26,27). The maximum absolute atomic E-state index is 12.6. The smallest absolute Gasteiger partial charge is 0.287 e. The minimum atomic E-state index is -0.116. The van der Waals surface area contributed by atoms with Crippen LogP contribution in [0.25, 0.3) is 0 Å². The maximum Gasteiger partial charge on any atom is 0.287 e. The van der Waals surface area contributed by atoms with Crippen molar-refractivity contribution in [3.63, 3.8) is 0 Å². The Morgan fingerprint density at radius 2 is 1.83 bits per heavy atom. The van der Waals surface area contributed by atoms with Crippen molar-refractivity contribution in [3.8, 4) is 5.75 Å². The Morgan fingerprint density at radius 3 is 2.48 bits per heavy atom. The van der Waals surface area contributed by atoms with Gasteiger partial charge in [-0.2, -0.15) is 0 Å². The zero-order chi connectivity index (χ0) is 20.0. The van der Waals surface area contributed by atoms with Crippen LogP contribution in [0.2, 0.25) is 5.02 Å². The van der Waals surface area contributed by atoms with Crippen LogP contribution in [-0.2, 0) is 6.61 Å². The molecule has 5 heteroatoms. The van der Waals surface area contributed by atoms with Crippen molar-refractivity contribution in [2.75, 3.05) is 6.54 Å². The monoisotopic (exact) mass is 413 g/mol. The first-order chi connectivity index (χ1) is 14.0. The minimum Gasteiger partial charge on any atom is -0.486 e. The van der Waals surface area contributed by atoms with Crippen molar-refractivity contribution in [1.29, 1.82) is 0 Å². The molecule has 154 valence electrons. The third-order valence-electron chi connectivity index (χ3n) is 7.18. The molecule has 4 nitrogen and oxygen atoms in total. The molecule has 0 atom stereocenters. The molecule has 4 saturated carbocycles. The topological polar surface area (TPSA) is 51.5 Å². The first kappa shape index (κ1) is 19.0. The highest BCUT2D eigenvalue weighted by atomic mass is 35.5. The number of benzene rings is 1. The van der Waals surface area contributed by atoms with Crippen LogP contribution in [0.15, 0.2) is 34.7 Å². The molecule has 0 saturated heterocycles. The number of carbonyl (C=O) groups is 1. The highest BCUT2D eigenvalue weighted by Crippen LogP contribution is 2.59. The summed E-state index contributed by atoms with van der Waals surface area (Å²) in [4.78, 5) is 12.6. The van der Waals surface area contributed by atoms with E-state index in [2.05, 4.69) is 5.32 Å². The molecule has 4 aliphatic carbocycles. The number of ether oxygens (including phenoxy) is 1. The van der Waals surface area contributed by atoms with E-state index < -0.39 is 0 Å². The number of aryl methyl sites for hydroxylation is 1. The van der Waals surface area contributed by atoms with Crippen LogP contribution >= 0.6 is 11.6 Å². The van der Waals surface area contributed by atoms with Crippen molar-refractivity contribution < 1.29 is 13.9 Å². The number of rotatable bonds is 6. The number of nitrogens with one attached hydrogen (secondary N) is 1. The van der Waals surface area contributed by atoms with Crippen molar-refractivity contribution in [3.05, 3.63) is 52.4 Å². The predicted molar refractivity (Wildman–Crippen MR) is 112 cm³/mol. The van der Waals surface area contributed by atoms with Gasteiger partial charge in [-0.1, -0.05) is 11.6 Å². The van der Waals surface area contributed by atoms with Crippen molar-refractivity contribution in [2.45, 2.75) is 52.1 Å². The van der Waals surface area contributed by atoms with Gasteiger partial charge in [0.05, 0.1) is 0 Å². The van der Waals surface area contributed by atoms with Gasteiger partial charge in [-0.05, 0) is 105 Å². The average Bonchev–Trinajstić information content (AvgIpc) is 3.15. The lowest BCUT2D eigenvalue weighted by Gasteiger charge is -2.56. The molecular weight excluding hydrogens is 386 g/mol. The van der Waals surface area contributed by atoms with Gasteiger partial charge < -0.3 is 14.5 Å². The van der Waals surface area contributed by atoms with Crippen molar-refractivity contribution in [1.82, 2.24) is 5.32 Å². The van der Waals surface area contributed by atoms with Gasteiger partial charge in [0.1, 0.15) is 18.1 Å². The molecule has 2 aromatic rings. The predicted octanol–water partition coefficient (Wildman–Crippen LogP) is 5.77. The molecule has 1 aromatic carbocycles. The zero-order valence-corrected chi connectivity index (χ0v) is 17.6. The van der Waals surface area contributed by atoms with Crippen LogP contribution in [0.3, 0.4) is 0 Å². The number of amides is 1. The van der Waals surface area contributed by atoms with E-state index in [1.807, 2.05) is 31.2 Å². The van der Waals surface area contributed by atoms with Gasteiger partial charge in [0, 0.05) is 11.6 Å². The normalized spacial score (nSPS) is 29.8. The molecular formula is C24H28ClNO3. The summed E-state index contributed by atoms with van der Waals surface area (Å²) >= 11 is 6.05. The Bertz CT molecular complexity index is 883. The lowest BCUT2D eigenvalue weighted by molar-refractivity contribution is -0.0504. The van der Waals surface area contributed by atoms with Crippen LogP contribution in [-0.4, -0.2) is 12.5 Å². The summed E-state index contributed by atoms with van der Waals surface area (Å²) in [6, 6.07) is 9.09. The zero-order valence-electron chi connectivity index (χ0n) is 16.9. The summed E-state index contributed by atoms with van der Waals surface area (Å²) in [7, 11) is 0. The van der Waals surface area contributed by atoms with Gasteiger partial charge in [0.25, 0.3) is 5.91 Å². The third kappa shape index (κ3) is 3.92. The van der Waals surface area contributed by atoms with Crippen LogP contribution in [0.1, 0.15) is 60.4 Å². The molecule has 1 aromatic heterocycles. The van der Waals surface area contributed by atoms with Gasteiger partial charge in [-0.25, -0.2) is 0 Å². The summed E-state index contributed by atoms with van der Waals surface area (Å²) in [6.45, 7) is 3.00. The largest absolute Gasteiger partial charge is 0.486 e. The number of halogens is 1. The SMILES string of the molecule is Cc1cc(OCc2ccc(C(=O)NCC34CC5CC(CC(C5)C3)C4)o2)ccc1Cl. The Morgan fingerprint density at radius 1 is 1.14 bits per heavy atom. The second-order valence-corrected chi connectivity index (χ2v) is 9.97. The first-order valence-corrected chi connectivity index (χ1v) is 11.1. The van der Waals surface area contributed by atoms with Gasteiger partial charge in [-0.15, -0.1) is 0 Å². The van der Waals surface area contributed by atoms with E-state index in [9.17, 15) is 4.79 Å². The summed E-state index contributed by atoms with van der Waals surface area (Å²) in [5.74, 6) is 4.29. The molecule has 0 aliphatic heterocycles. The molecule has 4 fully saturated rings. The molecule has 0 unspecified atom stereocenters. The van der Waals surface area contributed by atoms with Crippen molar-refractivity contribution in [2.24, 2.45) is 23.2 Å². The molecule has 1 heterocycles. The number of hydrogen-bond donors (Lipinski definition) is 1. The maximum atomic E-state index is 12.6. The minimum absolute atomic E-state index is 0.116. The van der Waals surface area contributed by atoms with Gasteiger partial charge in [0.2, 0.25) is 0 Å². The van der Waals surface area contributed by atoms with E-state index >= 15 is 0 Å². The van der Waals surface area contributed by atoms with E-state index in [0.29, 0.717) is 22.0 Å². The third-order valence-corrected chi connectivity index (χ3v) is 7.61. The highest BCUT2D eigenvalue weighted by Gasteiger charge is 2.50. The molecule has 29 heavy (non-hydrogen) atoms. The van der Waals surface area contributed by atoms with E-state index in [-0.39, 0.29) is 12.5 Å². The summed E-state index contributed by atoms with van der Waals surface area (Å²) in [5, 5.41) is 3.88. The quantitative estimate of drug-likeness (QED) is 0.654. The van der Waals surface area contributed by atoms with Gasteiger partial charge in [-0.3, -0.25) is 4.79 Å². The molecule has 0 spiro atoms. The van der Waals surface area contributed by atoms with Crippen LogP contribution in [0, 0.1) is 30.1 Å². The molecule has 0 radical (unpaired) electrons. The fraction of sp³-hybridized carbons (Fsp3) is 0.542. The molecule has 4 aliphatic rings. The fourth-order valence-electron chi connectivity index (χ4n) is 6.30.